The second-order valence-corrected chi connectivity index (χ2v) is 3.99. The van der Waals surface area contributed by atoms with Gasteiger partial charge in [0.25, 0.3) is 0 Å². The normalized spacial score (nSPS) is 10.8. The average Bonchev–Trinajstić information content (AvgIpc) is 2.37. The number of nitrogens with one attached hydrogen (secondary N) is 2. The zero-order valence-corrected chi connectivity index (χ0v) is 10.6. The van der Waals surface area contributed by atoms with Crippen molar-refractivity contribution in [2.24, 2.45) is 0 Å². The Labute approximate surface area is 107 Å². The van der Waals surface area contributed by atoms with E-state index in [9.17, 15) is 8.78 Å². The second-order valence-electron chi connectivity index (χ2n) is 3.99. The Balaban J connectivity index is 2.05. The molecule has 1 rings (SSSR count). The average molecular weight is 258 g/mol. The van der Waals surface area contributed by atoms with Crippen LogP contribution in [0.3, 0.4) is 0 Å². The van der Waals surface area contributed by atoms with Gasteiger partial charge in [0.1, 0.15) is 0 Å². The topological polar surface area (TPSA) is 33.3 Å². The van der Waals surface area contributed by atoms with Gasteiger partial charge in [-0.2, -0.15) is 0 Å². The highest BCUT2D eigenvalue weighted by atomic mass is 19.2. The van der Waals surface area contributed by atoms with Crippen LogP contribution in [0.4, 0.5) is 8.78 Å². The maximum atomic E-state index is 12.9. The molecule has 0 fully saturated rings. The molecule has 0 unspecified atom stereocenters. The molecule has 2 N–H and O–H groups in total. The van der Waals surface area contributed by atoms with Gasteiger partial charge in [0.15, 0.2) is 11.6 Å². The molecule has 0 radical (unpaired) electrons. The molecule has 0 aliphatic rings. The summed E-state index contributed by atoms with van der Waals surface area (Å²) in [4.78, 5) is 0. The van der Waals surface area contributed by atoms with Crippen LogP contribution in [0.25, 0.3) is 0 Å². The summed E-state index contributed by atoms with van der Waals surface area (Å²) in [6.07, 6.45) is 0.690. The Morgan fingerprint density at radius 1 is 1.00 bits per heavy atom. The van der Waals surface area contributed by atoms with E-state index < -0.39 is 11.6 Å². The second kappa shape index (κ2) is 8.97. The van der Waals surface area contributed by atoms with E-state index >= 15 is 0 Å². The van der Waals surface area contributed by atoms with Crippen molar-refractivity contribution in [2.75, 3.05) is 39.9 Å². The smallest absolute Gasteiger partial charge is 0.159 e. The largest absolute Gasteiger partial charge is 0.383 e. The molecule has 0 aliphatic heterocycles. The molecule has 0 atom stereocenters. The number of ether oxygens (including phenoxy) is 1. The summed E-state index contributed by atoms with van der Waals surface area (Å²) in [6, 6.07) is 4.02. The molecule has 5 heteroatoms. The molecule has 0 amide bonds. The molecule has 102 valence electrons. The number of hydrogen-bond acceptors (Lipinski definition) is 3. The molecule has 1 aromatic carbocycles. The molecule has 0 saturated carbocycles. The lowest BCUT2D eigenvalue weighted by Gasteiger charge is -2.06. The number of rotatable bonds is 9. The van der Waals surface area contributed by atoms with Crippen molar-refractivity contribution in [3.05, 3.63) is 35.4 Å². The fourth-order valence-electron chi connectivity index (χ4n) is 1.53. The van der Waals surface area contributed by atoms with Gasteiger partial charge in [-0.15, -0.1) is 0 Å². The van der Waals surface area contributed by atoms with E-state index in [4.69, 9.17) is 4.74 Å². The Hall–Kier alpha value is -1.04. The maximum absolute atomic E-state index is 12.9. The molecular weight excluding hydrogens is 238 g/mol. The first-order valence-corrected chi connectivity index (χ1v) is 6.08. The zero-order chi connectivity index (χ0) is 13.2. The molecule has 0 aliphatic carbocycles. The summed E-state index contributed by atoms with van der Waals surface area (Å²) in [7, 11) is 1.67. The van der Waals surface area contributed by atoms with Crippen molar-refractivity contribution >= 4 is 0 Å². The van der Waals surface area contributed by atoms with Crippen molar-refractivity contribution < 1.29 is 13.5 Å². The maximum Gasteiger partial charge on any atom is 0.159 e. The quantitative estimate of drug-likeness (QED) is 0.656. The Kier molecular flexibility index (Phi) is 7.48. The van der Waals surface area contributed by atoms with Crippen LogP contribution >= 0.6 is 0 Å². The van der Waals surface area contributed by atoms with Crippen LogP contribution in [0.5, 0.6) is 0 Å². The predicted octanol–water partition coefficient (Wildman–Crippen LogP) is 1.33. The van der Waals surface area contributed by atoms with Gasteiger partial charge in [-0.3, -0.25) is 0 Å². The number of hydrogen-bond donors (Lipinski definition) is 2. The fraction of sp³-hybridized carbons (Fsp3) is 0.538. The van der Waals surface area contributed by atoms with Crippen LogP contribution in [0.15, 0.2) is 18.2 Å². The van der Waals surface area contributed by atoms with Crippen molar-refractivity contribution in [3.63, 3.8) is 0 Å². The summed E-state index contributed by atoms with van der Waals surface area (Å²) >= 11 is 0. The summed E-state index contributed by atoms with van der Waals surface area (Å²) in [6.45, 7) is 3.99. The Bertz CT molecular complexity index is 348. The number of methoxy groups -OCH3 is 1. The molecule has 18 heavy (non-hydrogen) atoms. The first-order valence-electron chi connectivity index (χ1n) is 6.08. The summed E-state index contributed by atoms with van der Waals surface area (Å²) in [5.74, 6) is -1.58. The van der Waals surface area contributed by atoms with Crippen molar-refractivity contribution in [2.45, 2.75) is 6.42 Å². The van der Waals surface area contributed by atoms with E-state index in [0.29, 0.717) is 13.0 Å². The van der Waals surface area contributed by atoms with Crippen molar-refractivity contribution in [1.29, 1.82) is 0 Å². The monoisotopic (exact) mass is 258 g/mol. The van der Waals surface area contributed by atoms with Crippen LogP contribution < -0.4 is 10.6 Å². The van der Waals surface area contributed by atoms with Crippen molar-refractivity contribution in [1.82, 2.24) is 10.6 Å². The van der Waals surface area contributed by atoms with Gasteiger partial charge < -0.3 is 15.4 Å². The lowest BCUT2D eigenvalue weighted by atomic mass is 10.1. The number of benzene rings is 1. The molecule has 0 bridgehead atoms. The lowest BCUT2D eigenvalue weighted by molar-refractivity contribution is 0.199. The van der Waals surface area contributed by atoms with E-state index in [0.717, 1.165) is 37.8 Å². The Morgan fingerprint density at radius 2 is 1.72 bits per heavy atom. The van der Waals surface area contributed by atoms with Gasteiger partial charge in [0.05, 0.1) is 6.61 Å². The van der Waals surface area contributed by atoms with E-state index in [1.165, 1.54) is 6.07 Å². The molecule has 0 aromatic heterocycles. The van der Waals surface area contributed by atoms with Crippen molar-refractivity contribution in [3.8, 4) is 0 Å². The highest BCUT2D eigenvalue weighted by Crippen LogP contribution is 2.08. The highest BCUT2D eigenvalue weighted by Gasteiger charge is 2.01. The van der Waals surface area contributed by atoms with Gasteiger partial charge in [-0.1, -0.05) is 6.07 Å². The number of halogens is 2. The van der Waals surface area contributed by atoms with E-state index in [1.807, 2.05) is 0 Å². The third kappa shape index (κ3) is 6.05. The van der Waals surface area contributed by atoms with Crippen LogP contribution in [0.1, 0.15) is 5.56 Å². The van der Waals surface area contributed by atoms with Gasteiger partial charge in [-0.25, -0.2) is 8.78 Å². The standard InChI is InChI=1S/C13H20F2N2O/c1-18-9-8-17-7-6-16-5-4-11-2-3-12(14)13(15)10-11/h2-3,10,16-17H,4-9H2,1H3. The minimum absolute atomic E-state index is 0.690. The summed E-state index contributed by atoms with van der Waals surface area (Å²) in [5.41, 5.74) is 0.800. The van der Waals surface area contributed by atoms with Crippen LogP contribution in [0, 0.1) is 11.6 Å². The highest BCUT2D eigenvalue weighted by molar-refractivity contribution is 5.17. The molecule has 0 heterocycles. The lowest BCUT2D eigenvalue weighted by Crippen LogP contribution is -2.30. The van der Waals surface area contributed by atoms with Crippen LogP contribution in [-0.4, -0.2) is 39.9 Å². The molecule has 0 saturated heterocycles. The first kappa shape index (κ1) is 15.0. The first-order chi connectivity index (χ1) is 8.74. The minimum Gasteiger partial charge on any atom is -0.383 e. The summed E-state index contributed by atoms with van der Waals surface area (Å²) in [5, 5.41) is 6.43. The molecule has 1 aromatic rings. The zero-order valence-electron chi connectivity index (χ0n) is 10.6. The minimum atomic E-state index is -0.797. The SMILES string of the molecule is COCCNCCNCCc1ccc(F)c(F)c1. The van der Waals surface area contributed by atoms with Gasteiger partial charge in [-0.05, 0) is 30.7 Å². The van der Waals surface area contributed by atoms with Crippen LogP contribution in [-0.2, 0) is 11.2 Å². The van der Waals surface area contributed by atoms with Crippen LogP contribution in [0.2, 0.25) is 0 Å². The molecule has 3 nitrogen and oxygen atoms in total. The van der Waals surface area contributed by atoms with E-state index in [2.05, 4.69) is 10.6 Å². The molecule has 0 spiro atoms. The Morgan fingerprint density at radius 3 is 2.39 bits per heavy atom. The predicted molar refractivity (Wildman–Crippen MR) is 67.7 cm³/mol. The van der Waals surface area contributed by atoms with E-state index in [1.54, 1.807) is 13.2 Å². The van der Waals surface area contributed by atoms with Gasteiger partial charge in [0, 0.05) is 26.7 Å². The fourth-order valence-corrected chi connectivity index (χ4v) is 1.53. The molecular formula is C13H20F2N2O. The third-order valence-corrected chi connectivity index (χ3v) is 2.54. The summed E-state index contributed by atoms with van der Waals surface area (Å²) < 4.78 is 30.5. The van der Waals surface area contributed by atoms with E-state index in [-0.39, 0.29) is 0 Å². The van der Waals surface area contributed by atoms with Gasteiger partial charge in [0.2, 0.25) is 0 Å². The third-order valence-electron chi connectivity index (χ3n) is 2.54. The van der Waals surface area contributed by atoms with Gasteiger partial charge >= 0.3 is 0 Å².